The first kappa shape index (κ1) is 10.7. The molecular weight excluding hydrogens is 248 g/mol. The lowest BCUT2D eigenvalue weighted by Crippen LogP contribution is -1.99. The average Bonchev–Trinajstić information content (AvgIpc) is 2.18. The first-order chi connectivity index (χ1) is 6.63. The SMILES string of the molecule is N#CC(Br)Cc1cccc([N+](=O)[O-])c1. The van der Waals surface area contributed by atoms with Gasteiger partial charge >= 0.3 is 0 Å². The van der Waals surface area contributed by atoms with Gasteiger partial charge in [0, 0.05) is 12.1 Å². The third kappa shape index (κ3) is 2.82. The first-order valence-electron chi connectivity index (χ1n) is 3.90. The number of nitro groups is 1. The van der Waals surface area contributed by atoms with Crippen LogP contribution in [0.4, 0.5) is 5.69 Å². The highest BCUT2D eigenvalue weighted by Gasteiger charge is 2.08. The van der Waals surface area contributed by atoms with Crippen molar-refractivity contribution < 1.29 is 4.92 Å². The van der Waals surface area contributed by atoms with Gasteiger partial charge in [0.15, 0.2) is 0 Å². The molecule has 1 aromatic rings. The lowest BCUT2D eigenvalue weighted by Gasteiger charge is -2.00. The molecule has 0 N–H and O–H groups in total. The van der Waals surface area contributed by atoms with E-state index < -0.39 is 4.92 Å². The molecule has 1 unspecified atom stereocenters. The summed E-state index contributed by atoms with van der Waals surface area (Å²) in [4.78, 5) is 9.69. The van der Waals surface area contributed by atoms with E-state index in [0.29, 0.717) is 6.42 Å². The minimum atomic E-state index is -0.445. The predicted octanol–water partition coefficient (Wildman–Crippen LogP) is 2.42. The van der Waals surface area contributed by atoms with Crippen molar-refractivity contribution in [3.05, 3.63) is 39.9 Å². The molecule has 14 heavy (non-hydrogen) atoms. The van der Waals surface area contributed by atoms with Crippen LogP contribution in [-0.2, 0) is 6.42 Å². The van der Waals surface area contributed by atoms with Crippen LogP contribution in [-0.4, -0.2) is 9.75 Å². The van der Waals surface area contributed by atoms with E-state index in [-0.39, 0.29) is 10.5 Å². The monoisotopic (exact) mass is 254 g/mol. The van der Waals surface area contributed by atoms with Gasteiger partial charge in [-0.15, -0.1) is 0 Å². The molecule has 1 aromatic carbocycles. The van der Waals surface area contributed by atoms with Gasteiger partial charge in [-0.3, -0.25) is 10.1 Å². The minimum absolute atomic E-state index is 0.0557. The van der Waals surface area contributed by atoms with Gasteiger partial charge in [-0.2, -0.15) is 5.26 Å². The van der Waals surface area contributed by atoms with Crippen molar-refractivity contribution in [3.8, 4) is 6.07 Å². The van der Waals surface area contributed by atoms with Crippen molar-refractivity contribution in [1.29, 1.82) is 5.26 Å². The Morgan fingerprint density at radius 1 is 1.64 bits per heavy atom. The van der Waals surface area contributed by atoms with Crippen molar-refractivity contribution in [2.24, 2.45) is 0 Å². The number of non-ortho nitro benzene ring substituents is 1. The van der Waals surface area contributed by atoms with Crippen LogP contribution in [0.15, 0.2) is 24.3 Å². The number of halogens is 1. The maximum atomic E-state index is 10.4. The fourth-order valence-electron chi connectivity index (χ4n) is 1.05. The molecule has 0 spiro atoms. The molecule has 0 bridgehead atoms. The highest BCUT2D eigenvalue weighted by molar-refractivity contribution is 9.09. The van der Waals surface area contributed by atoms with Crippen LogP contribution in [0.2, 0.25) is 0 Å². The van der Waals surface area contributed by atoms with Gasteiger partial charge < -0.3 is 0 Å². The van der Waals surface area contributed by atoms with Gasteiger partial charge in [-0.05, 0) is 12.0 Å². The maximum absolute atomic E-state index is 10.4. The first-order valence-corrected chi connectivity index (χ1v) is 4.82. The molecule has 0 aliphatic heterocycles. The Balaban J connectivity index is 2.85. The number of rotatable bonds is 3. The minimum Gasteiger partial charge on any atom is -0.258 e. The molecule has 1 atom stereocenters. The van der Waals surface area contributed by atoms with E-state index in [9.17, 15) is 10.1 Å². The van der Waals surface area contributed by atoms with E-state index in [1.54, 1.807) is 12.1 Å². The summed E-state index contributed by atoms with van der Waals surface area (Å²) >= 11 is 3.14. The molecule has 72 valence electrons. The number of hydrogen-bond acceptors (Lipinski definition) is 3. The molecule has 5 heteroatoms. The van der Waals surface area contributed by atoms with Crippen molar-refractivity contribution in [1.82, 2.24) is 0 Å². The lowest BCUT2D eigenvalue weighted by atomic mass is 10.1. The van der Waals surface area contributed by atoms with Crippen LogP contribution in [0.3, 0.4) is 0 Å². The van der Waals surface area contributed by atoms with Gasteiger partial charge in [0.25, 0.3) is 5.69 Å². The number of hydrogen-bond donors (Lipinski definition) is 0. The third-order valence-electron chi connectivity index (χ3n) is 1.68. The second-order valence-electron chi connectivity index (χ2n) is 2.73. The van der Waals surface area contributed by atoms with Crippen LogP contribution in [0.25, 0.3) is 0 Å². The van der Waals surface area contributed by atoms with Crippen LogP contribution >= 0.6 is 15.9 Å². The van der Waals surface area contributed by atoms with E-state index >= 15 is 0 Å². The van der Waals surface area contributed by atoms with Crippen molar-refractivity contribution in [3.63, 3.8) is 0 Å². The Labute approximate surface area is 89.4 Å². The van der Waals surface area contributed by atoms with Gasteiger partial charge in [0.1, 0.15) is 4.83 Å². The zero-order valence-corrected chi connectivity index (χ0v) is 8.77. The van der Waals surface area contributed by atoms with Gasteiger partial charge in [0.05, 0.1) is 11.0 Å². The summed E-state index contributed by atoms with van der Waals surface area (Å²) in [5, 5.41) is 19.0. The summed E-state index contributed by atoms with van der Waals surface area (Å²) < 4.78 is 0. The predicted molar refractivity (Wildman–Crippen MR) is 55.1 cm³/mol. The molecule has 0 saturated carbocycles. The largest absolute Gasteiger partial charge is 0.269 e. The van der Waals surface area contributed by atoms with Crippen LogP contribution in [0, 0.1) is 21.4 Å². The summed E-state index contributed by atoms with van der Waals surface area (Å²) in [5.74, 6) is 0. The van der Waals surface area contributed by atoms with Gasteiger partial charge in [-0.25, -0.2) is 0 Å². The number of nitro benzene ring substituents is 1. The quantitative estimate of drug-likeness (QED) is 0.473. The van der Waals surface area contributed by atoms with Gasteiger partial charge in [-0.1, -0.05) is 28.1 Å². The molecule has 0 heterocycles. The van der Waals surface area contributed by atoms with Crippen molar-refractivity contribution in [2.45, 2.75) is 11.2 Å². The second kappa shape index (κ2) is 4.72. The highest BCUT2D eigenvalue weighted by atomic mass is 79.9. The molecule has 0 aromatic heterocycles. The molecule has 0 saturated heterocycles. The fraction of sp³-hybridized carbons (Fsp3) is 0.222. The van der Waals surface area contributed by atoms with E-state index in [1.807, 2.05) is 6.07 Å². The van der Waals surface area contributed by atoms with Crippen LogP contribution < -0.4 is 0 Å². The maximum Gasteiger partial charge on any atom is 0.269 e. The Bertz CT molecular complexity index is 387. The highest BCUT2D eigenvalue weighted by Crippen LogP contribution is 2.16. The molecule has 4 nitrogen and oxygen atoms in total. The van der Waals surface area contributed by atoms with E-state index in [2.05, 4.69) is 15.9 Å². The van der Waals surface area contributed by atoms with Gasteiger partial charge in [0.2, 0.25) is 0 Å². The number of nitriles is 1. The summed E-state index contributed by atoms with van der Waals surface area (Å²) in [7, 11) is 0. The standard InChI is InChI=1S/C9H7BrN2O2/c10-8(6-11)4-7-2-1-3-9(5-7)12(13)14/h1-3,5,8H,4H2. The second-order valence-corrected chi connectivity index (χ2v) is 3.83. The average molecular weight is 255 g/mol. The number of nitrogens with zero attached hydrogens (tertiary/aromatic N) is 2. The Morgan fingerprint density at radius 2 is 2.36 bits per heavy atom. The molecule has 0 aliphatic carbocycles. The summed E-state index contributed by atoms with van der Waals surface area (Å²) in [6.45, 7) is 0. The van der Waals surface area contributed by atoms with Crippen molar-refractivity contribution in [2.75, 3.05) is 0 Å². The van der Waals surface area contributed by atoms with E-state index in [0.717, 1.165) is 5.56 Å². The van der Waals surface area contributed by atoms with E-state index in [1.165, 1.54) is 12.1 Å². The third-order valence-corrected chi connectivity index (χ3v) is 2.20. The summed E-state index contributed by atoms with van der Waals surface area (Å²) in [6.07, 6.45) is 0.470. The summed E-state index contributed by atoms with van der Waals surface area (Å²) in [6, 6.07) is 8.29. The Kier molecular flexibility index (Phi) is 3.60. The molecule has 0 fully saturated rings. The number of benzene rings is 1. The Morgan fingerprint density at radius 3 is 2.93 bits per heavy atom. The smallest absolute Gasteiger partial charge is 0.258 e. The summed E-state index contributed by atoms with van der Waals surface area (Å²) in [5.41, 5.74) is 0.836. The zero-order chi connectivity index (χ0) is 10.6. The molecule has 1 rings (SSSR count). The van der Waals surface area contributed by atoms with Crippen LogP contribution in [0.5, 0.6) is 0 Å². The van der Waals surface area contributed by atoms with E-state index in [4.69, 9.17) is 5.26 Å². The number of alkyl halides is 1. The molecular formula is C9H7BrN2O2. The lowest BCUT2D eigenvalue weighted by molar-refractivity contribution is -0.384. The zero-order valence-electron chi connectivity index (χ0n) is 7.18. The van der Waals surface area contributed by atoms with Crippen molar-refractivity contribution >= 4 is 21.6 Å². The topological polar surface area (TPSA) is 66.9 Å². The Hall–Kier alpha value is -1.41. The molecule has 0 aliphatic rings. The molecule has 0 radical (unpaired) electrons. The normalized spacial score (nSPS) is 11.7. The van der Waals surface area contributed by atoms with Crippen LogP contribution in [0.1, 0.15) is 5.56 Å². The molecule has 0 amide bonds. The fourth-order valence-corrected chi connectivity index (χ4v) is 1.42.